The van der Waals surface area contributed by atoms with Crippen molar-refractivity contribution >= 4 is 10.9 Å². The number of hydrogen-bond acceptors (Lipinski definition) is 4. The standard InChI is InChI=1S/C56H35N3O/c1-3-14-36(15-4-1)39-19-11-20-41(32-39)50-35-51(59-55(58-50)38-16-5-2-6-17-38)42-28-30-45-44-29-27-40(43-22-12-18-37-21-13-31-57-54(37)43)33-48(44)56(49(45)34-42)46-23-7-9-25-52(46)60-53-26-10-8-24-47(53)56/h1-35H. The molecule has 60 heavy (non-hydrogen) atoms. The van der Waals surface area contributed by atoms with E-state index in [0.29, 0.717) is 5.82 Å². The molecule has 2 aromatic heterocycles. The summed E-state index contributed by atoms with van der Waals surface area (Å²) in [6.07, 6.45) is 1.88. The number of pyridine rings is 1. The number of hydrogen-bond donors (Lipinski definition) is 0. The quantitative estimate of drug-likeness (QED) is 0.175. The molecule has 12 rings (SSSR count). The smallest absolute Gasteiger partial charge is 0.160 e. The lowest BCUT2D eigenvalue weighted by molar-refractivity contribution is 0.436. The molecular formula is C56H35N3O. The molecule has 1 aliphatic heterocycles. The van der Waals surface area contributed by atoms with E-state index in [1.54, 1.807) is 0 Å². The topological polar surface area (TPSA) is 47.9 Å². The van der Waals surface area contributed by atoms with Crippen molar-refractivity contribution in [1.29, 1.82) is 0 Å². The molecule has 1 spiro atoms. The second-order valence-electron chi connectivity index (χ2n) is 15.5. The lowest BCUT2D eigenvalue weighted by atomic mass is 9.65. The molecule has 4 heteroatoms. The second-order valence-corrected chi connectivity index (χ2v) is 15.5. The van der Waals surface area contributed by atoms with Crippen molar-refractivity contribution in [3.05, 3.63) is 235 Å². The maximum atomic E-state index is 6.72. The van der Waals surface area contributed by atoms with Gasteiger partial charge in [0.2, 0.25) is 0 Å². The third-order valence-corrected chi connectivity index (χ3v) is 12.2. The van der Waals surface area contributed by atoms with Crippen molar-refractivity contribution in [2.24, 2.45) is 0 Å². The van der Waals surface area contributed by atoms with Crippen LogP contribution in [0.3, 0.4) is 0 Å². The summed E-state index contributed by atoms with van der Waals surface area (Å²) in [5.74, 6) is 2.39. The number of nitrogens with zero attached hydrogens (tertiary/aromatic N) is 3. The molecule has 0 saturated heterocycles. The molecule has 10 aromatic rings. The largest absolute Gasteiger partial charge is 0.457 e. The highest BCUT2D eigenvalue weighted by molar-refractivity contribution is 5.97. The van der Waals surface area contributed by atoms with Gasteiger partial charge >= 0.3 is 0 Å². The Labute approximate surface area is 348 Å². The second kappa shape index (κ2) is 13.6. The minimum absolute atomic E-state index is 0.678. The molecule has 0 fully saturated rings. The maximum absolute atomic E-state index is 6.72. The molecule has 0 radical (unpaired) electrons. The van der Waals surface area contributed by atoms with Crippen LogP contribution in [0.2, 0.25) is 0 Å². The van der Waals surface area contributed by atoms with Crippen molar-refractivity contribution in [3.63, 3.8) is 0 Å². The Balaban J connectivity index is 1.10. The molecule has 0 N–H and O–H groups in total. The molecule has 3 heterocycles. The predicted molar refractivity (Wildman–Crippen MR) is 242 cm³/mol. The van der Waals surface area contributed by atoms with E-state index in [0.717, 1.165) is 83.9 Å². The monoisotopic (exact) mass is 765 g/mol. The zero-order valence-corrected chi connectivity index (χ0v) is 32.5. The fraction of sp³-hybridized carbons (Fsp3) is 0.0179. The lowest BCUT2D eigenvalue weighted by Gasteiger charge is -2.39. The van der Waals surface area contributed by atoms with Crippen LogP contribution in [0.1, 0.15) is 22.3 Å². The summed E-state index contributed by atoms with van der Waals surface area (Å²) in [6.45, 7) is 0. The highest BCUT2D eigenvalue weighted by Crippen LogP contribution is 2.63. The van der Waals surface area contributed by atoms with Crippen LogP contribution < -0.4 is 4.74 Å². The first-order chi connectivity index (χ1) is 29.7. The number of benzene rings is 8. The molecule has 0 bridgehead atoms. The van der Waals surface area contributed by atoms with Crippen LogP contribution in [-0.4, -0.2) is 15.0 Å². The SMILES string of the molecule is c1ccc(-c2cccc(-c3cc(-c4ccc5c(c4)C4(c6ccccc6Oc6ccccc64)c4cc(-c6cccc7cccnc67)ccc4-5)nc(-c4ccccc4)n3)c2)cc1. The predicted octanol–water partition coefficient (Wildman–Crippen LogP) is 13.8. The Hall–Kier alpha value is -7.95. The number of para-hydroxylation sites is 3. The molecule has 2 aliphatic rings. The highest BCUT2D eigenvalue weighted by Gasteiger charge is 2.51. The first kappa shape index (κ1) is 34.1. The fourth-order valence-corrected chi connectivity index (χ4v) is 9.51. The zero-order chi connectivity index (χ0) is 39.6. The molecule has 0 unspecified atom stereocenters. The minimum atomic E-state index is -0.678. The van der Waals surface area contributed by atoms with E-state index >= 15 is 0 Å². The molecule has 4 nitrogen and oxygen atoms in total. The van der Waals surface area contributed by atoms with Gasteiger partial charge in [0.15, 0.2) is 5.82 Å². The van der Waals surface area contributed by atoms with Gasteiger partial charge in [-0.25, -0.2) is 9.97 Å². The first-order valence-electron chi connectivity index (χ1n) is 20.3. The minimum Gasteiger partial charge on any atom is -0.457 e. The van der Waals surface area contributed by atoms with E-state index in [-0.39, 0.29) is 0 Å². The molecule has 0 atom stereocenters. The number of rotatable bonds is 5. The van der Waals surface area contributed by atoms with Gasteiger partial charge in [-0.2, -0.15) is 0 Å². The van der Waals surface area contributed by atoms with Crippen molar-refractivity contribution < 1.29 is 4.74 Å². The van der Waals surface area contributed by atoms with Gasteiger partial charge in [0, 0.05) is 45.0 Å². The Morgan fingerprint density at radius 3 is 1.62 bits per heavy atom. The van der Waals surface area contributed by atoms with Gasteiger partial charge in [0.05, 0.1) is 22.3 Å². The Morgan fingerprint density at radius 1 is 0.350 bits per heavy atom. The zero-order valence-electron chi connectivity index (χ0n) is 32.5. The molecule has 0 amide bonds. The molecule has 280 valence electrons. The van der Waals surface area contributed by atoms with Gasteiger partial charge in [-0.1, -0.05) is 164 Å². The third-order valence-electron chi connectivity index (χ3n) is 12.2. The van der Waals surface area contributed by atoms with Crippen molar-refractivity contribution in [3.8, 4) is 78.8 Å². The average molecular weight is 766 g/mol. The first-order valence-corrected chi connectivity index (χ1v) is 20.3. The van der Waals surface area contributed by atoms with E-state index in [1.165, 1.54) is 22.3 Å². The number of aromatic nitrogens is 3. The Bertz CT molecular complexity index is 3250. The van der Waals surface area contributed by atoms with Gasteiger partial charge in [0.1, 0.15) is 11.5 Å². The van der Waals surface area contributed by atoms with E-state index in [4.69, 9.17) is 19.7 Å². The summed E-state index contributed by atoms with van der Waals surface area (Å²) >= 11 is 0. The van der Waals surface area contributed by atoms with Crippen LogP contribution in [0.5, 0.6) is 11.5 Å². The number of ether oxygens (including phenoxy) is 1. The van der Waals surface area contributed by atoms with Crippen LogP contribution in [0.15, 0.2) is 212 Å². The highest BCUT2D eigenvalue weighted by atomic mass is 16.5. The van der Waals surface area contributed by atoms with Crippen LogP contribution in [0.25, 0.3) is 78.2 Å². The van der Waals surface area contributed by atoms with Gasteiger partial charge < -0.3 is 4.74 Å². The summed E-state index contributed by atoms with van der Waals surface area (Å²) in [4.78, 5) is 15.4. The fourth-order valence-electron chi connectivity index (χ4n) is 9.51. The van der Waals surface area contributed by atoms with Crippen LogP contribution >= 0.6 is 0 Å². The van der Waals surface area contributed by atoms with Crippen molar-refractivity contribution in [1.82, 2.24) is 15.0 Å². The maximum Gasteiger partial charge on any atom is 0.160 e. The lowest BCUT2D eigenvalue weighted by Crippen LogP contribution is -2.32. The normalized spacial score (nSPS) is 12.9. The van der Waals surface area contributed by atoms with Gasteiger partial charge in [-0.05, 0) is 81.4 Å². The van der Waals surface area contributed by atoms with E-state index in [9.17, 15) is 0 Å². The van der Waals surface area contributed by atoms with E-state index in [1.807, 2.05) is 30.5 Å². The van der Waals surface area contributed by atoms with E-state index < -0.39 is 5.41 Å². The van der Waals surface area contributed by atoms with E-state index in [2.05, 4.69) is 182 Å². The summed E-state index contributed by atoms with van der Waals surface area (Å²) in [5, 5.41) is 1.12. The van der Waals surface area contributed by atoms with Gasteiger partial charge in [-0.3, -0.25) is 4.98 Å². The summed E-state index contributed by atoms with van der Waals surface area (Å²) < 4.78 is 6.72. The molecule has 1 aliphatic carbocycles. The summed E-state index contributed by atoms with van der Waals surface area (Å²) in [6, 6.07) is 73.0. The van der Waals surface area contributed by atoms with Crippen LogP contribution in [0, 0.1) is 0 Å². The van der Waals surface area contributed by atoms with Crippen molar-refractivity contribution in [2.75, 3.05) is 0 Å². The van der Waals surface area contributed by atoms with Crippen molar-refractivity contribution in [2.45, 2.75) is 5.41 Å². The summed E-state index contributed by atoms with van der Waals surface area (Å²) in [7, 11) is 0. The Kier molecular flexibility index (Phi) is 7.72. The molecule has 8 aromatic carbocycles. The van der Waals surface area contributed by atoms with Crippen LogP contribution in [0.4, 0.5) is 0 Å². The summed E-state index contributed by atoms with van der Waals surface area (Å²) in [5.41, 5.74) is 16.6. The van der Waals surface area contributed by atoms with Gasteiger partial charge in [0.25, 0.3) is 0 Å². The Morgan fingerprint density at radius 2 is 0.900 bits per heavy atom. The molecular weight excluding hydrogens is 731 g/mol. The average Bonchev–Trinajstić information content (AvgIpc) is 3.61. The third kappa shape index (κ3) is 5.28. The van der Waals surface area contributed by atoms with Crippen LogP contribution in [-0.2, 0) is 5.41 Å². The number of fused-ring (bicyclic) bond motifs is 10. The van der Waals surface area contributed by atoms with Gasteiger partial charge in [-0.15, -0.1) is 0 Å². The molecule has 0 saturated carbocycles.